The summed E-state index contributed by atoms with van der Waals surface area (Å²) in [6, 6.07) is 72.7. The molecule has 8 aromatic carbocycles. The van der Waals surface area contributed by atoms with Gasteiger partial charge in [-0.05, 0) is 45.5 Å². The molecule has 0 aliphatic rings. The fourth-order valence-corrected chi connectivity index (χ4v) is 10.7. The smallest absolute Gasteiger partial charge is 0.160 e. The number of aromatic nitrogens is 4. The average Bonchev–Trinajstić information content (AvgIpc) is 3.93. The molecule has 0 aliphatic carbocycles. The summed E-state index contributed by atoms with van der Waals surface area (Å²) in [6.45, 7) is 0. The van der Waals surface area contributed by atoms with E-state index in [0.717, 1.165) is 87.6 Å². The van der Waals surface area contributed by atoms with E-state index in [-0.39, 0.29) is 0 Å². The summed E-state index contributed by atoms with van der Waals surface area (Å²) in [5.41, 5.74) is 14.9. The van der Waals surface area contributed by atoms with Crippen molar-refractivity contribution in [2.24, 2.45) is 0 Å². The minimum atomic E-state index is 0.722. The normalized spacial score (nSPS) is 11.5. The summed E-state index contributed by atoms with van der Waals surface area (Å²) < 4.78 is 4.60. The average molecular weight is 827 g/mol. The molecule has 0 amide bonds. The summed E-state index contributed by atoms with van der Waals surface area (Å²) in [7, 11) is 0. The molecule has 290 valence electrons. The molecule has 62 heavy (non-hydrogen) atoms. The van der Waals surface area contributed by atoms with Crippen molar-refractivity contribution in [2.75, 3.05) is 0 Å². The van der Waals surface area contributed by atoms with Crippen molar-refractivity contribution in [3.05, 3.63) is 206 Å². The maximum Gasteiger partial charge on any atom is 0.160 e. The Hall–Kier alpha value is -7.64. The zero-order valence-electron chi connectivity index (χ0n) is 33.2. The molecule has 0 fully saturated rings. The molecule has 0 bridgehead atoms. The topological polar surface area (TPSA) is 51.6 Å². The lowest BCUT2D eigenvalue weighted by molar-refractivity contribution is 1.24. The highest BCUT2D eigenvalue weighted by molar-refractivity contribution is 7.26. The Morgan fingerprint density at radius 2 is 0.532 bits per heavy atom. The Balaban J connectivity index is 0.894. The highest BCUT2D eigenvalue weighted by Crippen LogP contribution is 2.42. The van der Waals surface area contributed by atoms with Crippen LogP contribution in [0.5, 0.6) is 0 Å². The monoisotopic (exact) mass is 826 g/mol. The van der Waals surface area contributed by atoms with Gasteiger partial charge in [-0.25, -0.2) is 19.9 Å². The zero-order valence-corrected chi connectivity index (χ0v) is 34.9. The fraction of sp³-hybridized carbons (Fsp3) is 0. The van der Waals surface area contributed by atoms with Crippen molar-refractivity contribution in [2.45, 2.75) is 0 Å². The molecule has 0 atom stereocenters. The van der Waals surface area contributed by atoms with Crippen LogP contribution in [0.25, 0.3) is 119 Å². The third-order valence-corrected chi connectivity index (χ3v) is 13.9. The highest BCUT2D eigenvalue weighted by Gasteiger charge is 2.19. The molecule has 0 radical (unpaired) electrons. The molecule has 0 unspecified atom stereocenters. The third kappa shape index (κ3) is 6.45. The van der Waals surface area contributed by atoms with Crippen LogP contribution < -0.4 is 0 Å². The van der Waals surface area contributed by atoms with Crippen LogP contribution in [0.15, 0.2) is 206 Å². The van der Waals surface area contributed by atoms with Crippen LogP contribution in [0, 0.1) is 0 Å². The molecule has 6 heteroatoms. The summed E-state index contributed by atoms with van der Waals surface area (Å²) in [4.78, 5) is 20.9. The van der Waals surface area contributed by atoms with Crippen LogP contribution in [0.3, 0.4) is 0 Å². The summed E-state index contributed by atoms with van der Waals surface area (Å²) in [6.07, 6.45) is 0. The van der Waals surface area contributed by atoms with E-state index < -0.39 is 0 Å². The van der Waals surface area contributed by atoms with Gasteiger partial charge in [-0.15, -0.1) is 22.7 Å². The second-order valence-electron chi connectivity index (χ2n) is 15.4. The summed E-state index contributed by atoms with van der Waals surface area (Å²) in [5.74, 6) is 1.44. The van der Waals surface area contributed by atoms with Gasteiger partial charge in [0.25, 0.3) is 0 Å². The maximum atomic E-state index is 5.26. The van der Waals surface area contributed by atoms with Crippen LogP contribution in [0.1, 0.15) is 0 Å². The molecule has 4 aromatic heterocycles. The first kappa shape index (κ1) is 36.2. The van der Waals surface area contributed by atoms with Crippen LogP contribution in [-0.4, -0.2) is 19.9 Å². The van der Waals surface area contributed by atoms with Crippen molar-refractivity contribution in [1.82, 2.24) is 19.9 Å². The molecule has 0 N–H and O–H groups in total. The van der Waals surface area contributed by atoms with Crippen LogP contribution in [0.2, 0.25) is 0 Å². The summed E-state index contributed by atoms with van der Waals surface area (Å²) >= 11 is 3.51. The van der Waals surface area contributed by atoms with E-state index in [9.17, 15) is 0 Å². The van der Waals surface area contributed by atoms with Gasteiger partial charge in [0.2, 0.25) is 0 Å². The van der Waals surface area contributed by atoms with E-state index in [2.05, 4.69) is 194 Å². The van der Waals surface area contributed by atoms with Gasteiger partial charge in [-0.2, -0.15) is 0 Å². The molecule has 0 saturated heterocycles. The van der Waals surface area contributed by atoms with E-state index in [1.165, 1.54) is 31.7 Å². The summed E-state index contributed by atoms with van der Waals surface area (Å²) in [5, 5.41) is 2.31. The second kappa shape index (κ2) is 15.1. The number of hydrogen-bond donors (Lipinski definition) is 0. The molecule has 12 rings (SSSR count). The van der Waals surface area contributed by atoms with Crippen molar-refractivity contribution in [1.29, 1.82) is 0 Å². The first-order chi connectivity index (χ1) is 30.7. The van der Waals surface area contributed by atoms with Gasteiger partial charge >= 0.3 is 0 Å². The quantitative estimate of drug-likeness (QED) is 0.161. The minimum Gasteiger partial charge on any atom is -0.226 e. The minimum absolute atomic E-state index is 0.722. The van der Waals surface area contributed by atoms with E-state index in [1.807, 2.05) is 12.1 Å². The zero-order chi connectivity index (χ0) is 41.0. The number of fused-ring (bicyclic) bond motifs is 6. The van der Waals surface area contributed by atoms with Gasteiger partial charge in [-0.3, -0.25) is 0 Å². The number of nitrogens with zero attached hydrogens (tertiary/aromatic N) is 4. The van der Waals surface area contributed by atoms with Crippen molar-refractivity contribution in [3.63, 3.8) is 0 Å². The molecule has 0 saturated carbocycles. The van der Waals surface area contributed by atoms with Gasteiger partial charge in [-0.1, -0.05) is 194 Å². The molecular formula is C56H34N4S2. The lowest BCUT2D eigenvalue weighted by atomic mass is 10.00. The van der Waals surface area contributed by atoms with Crippen LogP contribution in [-0.2, 0) is 0 Å². The van der Waals surface area contributed by atoms with Gasteiger partial charge in [0.15, 0.2) is 11.6 Å². The first-order valence-corrected chi connectivity index (χ1v) is 22.2. The molecule has 12 aromatic rings. The predicted molar refractivity (Wildman–Crippen MR) is 261 cm³/mol. The third-order valence-electron chi connectivity index (χ3n) is 11.6. The van der Waals surface area contributed by atoms with Crippen LogP contribution >= 0.6 is 22.7 Å². The molecule has 4 nitrogen and oxygen atoms in total. The van der Waals surface area contributed by atoms with Crippen molar-refractivity contribution in [3.8, 4) is 78.7 Å². The second-order valence-corrected chi connectivity index (χ2v) is 17.5. The van der Waals surface area contributed by atoms with Gasteiger partial charge < -0.3 is 0 Å². The molecule has 0 spiro atoms. The Bertz CT molecular complexity index is 3340. The first-order valence-electron chi connectivity index (χ1n) is 20.6. The molecular weight excluding hydrogens is 793 g/mol. The number of rotatable bonds is 7. The van der Waals surface area contributed by atoms with Crippen molar-refractivity contribution < 1.29 is 0 Å². The lowest BCUT2D eigenvalue weighted by Crippen LogP contribution is -1.94. The number of thiophene rings is 2. The highest BCUT2D eigenvalue weighted by atomic mass is 32.1. The number of hydrogen-bond acceptors (Lipinski definition) is 6. The van der Waals surface area contributed by atoms with Gasteiger partial charge in [0, 0.05) is 42.4 Å². The van der Waals surface area contributed by atoms with Gasteiger partial charge in [0.1, 0.15) is 0 Å². The maximum absolute atomic E-state index is 5.26. The van der Waals surface area contributed by atoms with E-state index in [0.29, 0.717) is 0 Å². The fourth-order valence-electron chi connectivity index (χ4n) is 8.36. The SMILES string of the molecule is c1ccc(-c2ccc(-c3nc(-c4ccc(-c5ccc(-c6nc(-c7ccc(-c8ccccc8)cc7)nc7c6sc6ccccc67)cc5)cc4)c4sc5ccccc5c4n3)cc2)cc1. The van der Waals surface area contributed by atoms with Crippen molar-refractivity contribution >= 4 is 63.3 Å². The lowest BCUT2D eigenvalue weighted by Gasteiger charge is -2.10. The van der Waals surface area contributed by atoms with Crippen LogP contribution in [0.4, 0.5) is 0 Å². The largest absolute Gasteiger partial charge is 0.226 e. The van der Waals surface area contributed by atoms with Gasteiger partial charge in [0.05, 0.1) is 31.8 Å². The Kier molecular flexibility index (Phi) is 8.84. The molecule has 4 heterocycles. The standard InChI is InChI=1S/C56H34N4S2/c1-3-11-35(12-4-1)37-23-31-43(32-24-37)55-57-49(53-51(59-55)45-15-7-9-17-47(45)61-53)41-27-19-39(20-28-41)40-21-29-42(30-22-40)50-54-52(46-16-8-10-18-48(46)62-54)60-56(58-50)44-33-25-38(26-34-44)36-13-5-2-6-14-36/h1-34H. The number of benzene rings is 8. The Morgan fingerprint density at radius 3 is 0.903 bits per heavy atom. The van der Waals surface area contributed by atoms with E-state index in [4.69, 9.17) is 19.9 Å². The van der Waals surface area contributed by atoms with E-state index in [1.54, 1.807) is 22.7 Å². The molecule has 0 aliphatic heterocycles. The predicted octanol–water partition coefficient (Wildman–Crippen LogP) is 15.7. The Morgan fingerprint density at radius 1 is 0.242 bits per heavy atom. The Labute approximate surface area is 366 Å². The van der Waals surface area contributed by atoms with E-state index >= 15 is 0 Å².